The van der Waals surface area contributed by atoms with Crippen molar-refractivity contribution in [3.63, 3.8) is 0 Å². The van der Waals surface area contributed by atoms with E-state index in [0.717, 1.165) is 56.5 Å². The predicted octanol–water partition coefficient (Wildman–Crippen LogP) is 2.80. The number of carbonyl (C=O) groups excluding carboxylic acids is 1. The zero-order chi connectivity index (χ0) is 16.2. The van der Waals surface area contributed by atoms with Gasteiger partial charge in [-0.05, 0) is 31.9 Å². The summed E-state index contributed by atoms with van der Waals surface area (Å²) in [6, 6.07) is 4.13. The number of ether oxygens (including phenoxy) is 1. The minimum Gasteiger partial charge on any atom is -0.376 e. The molecule has 23 heavy (non-hydrogen) atoms. The van der Waals surface area contributed by atoms with Crippen LogP contribution in [0, 0.1) is 0 Å². The maximum atomic E-state index is 12.4. The van der Waals surface area contributed by atoms with Crippen LogP contribution >= 0.6 is 22.9 Å². The molecular formula is C16H24ClN3O2S. The van der Waals surface area contributed by atoms with Crippen molar-refractivity contribution >= 4 is 29.0 Å². The van der Waals surface area contributed by atoms with Gasteiger partial charge in [0.05, 0.1) is 16.5 Å². The third kappa shape index (κ3) is 4.59. The SMILES string of the molecule is CC(NC(=O)N1CCN(Cc2ccc(Cl)s2)CC1)C1CCCO1. The van der Waals surface area contributed by atoms with Gasteiger partial charge < -0.3 is 15.0 Å². The van der Waals surface area contributed by atoms with E-state index in [0.29, 0.717) is 0 Å². The summed E-state index contributed by atoms with van der Waals surface area (Å²) in [5.41, 5.74) is 0. The first kappa shape index (κ1) is 17.0. The van der Waals surface area contributed by atoms with Crippen molar-refractivity contribution < 1.29 is 9.53 Å². The van der Waals surface area contributed by atoms with Crippen LogP contribution in [0.1, 0.15) is 24.6 Å². The molecule has 2 fully saturated rings. The molecule has 0 bridgehead atoms. The minimum atomic E-state index is 0.0341. The number of carbonyl (C=O) groups is 1. The highest BCUT2D eigenvalue weighted by atomic mass is 35.5. The van der Waals surface area contributed by atoms with Crippen molar-refractivity contribution in [3.8, 4) is 0 Å². The second-order valence-electron chi connectivity index (χ2n) is 6.26. The van der Waals surface area contributed by atoms with E-state index in [1.54, 1.807) is 11.3 Å². The average molecular weight is 358 g/mol. The van der Waals surface area contributed by atoms with E-state index in [4.69, 9.17) is 16.3 Å². The van der Waals surface area contributed by atoms with Crippen LogP contribution in [0.2, 0.25) is 4.34 Å². The highest BCUT2D eigenvalue weighted by Gasteiger charge is 2.27. The topological polar surface area (TPSA) is 44.8 Å². The van der Waals surface area contributed by atoms with Crippen molar-refractivity contribution in [2.45, 2.75) is 38.5 Å². The first-order valence-electron chi connectivity index (χ1n) is 8.25. The predicted molar refractivity (Wildman–Crippen MR) is 93.1 cm³/mol. The number of nitrogens with one attached hydrogen (secondary N) is 1. The van der Waals surface area contributed by atoms with Crippen molar-refractivity contribution in [3.05, 3.63) is 21.3 Å². The van der Waals surface area contributed by atoms with Crippen LogP contribution in [0.5, 0.6) is 0 Å². The van der Waals surface area contributed by atoms with E-state index in [1.807, 2.05) is 17.9 Å². The smallest absolute Gasteiger partial charge is 0.317 e. The van der Waals surface area contributed by atoms with Gasteiger partial charge in [0.2, 0.25) is 0 Å². The van der Waals surface area contributed by atoms with Crippen LogP contribution in [0.3, 0.4) is 0 Å². The Balaban J connectivity index is 1.41. The van der Waals surface area contributed by atoms with Crippen LogP contribution in [-0.4, -0.2) is 60.8 Å². The normalized spacial score (nSPS) is 23.9. The quantitative estimate of drug-likeness (QED) is 0.901. The van der Waals surface area contributed by atoms with Gasteiger partial charge in [0.25, 0.3) is 0 Å². The molecule has 0 aromatic carbocycles. The molecule has 0 spiro atoms. The number of hydrogen-bond acceptors (Lipinski definition) is 4. The first-order chi connectivity index (χ1) is 11.1. The third-order valence-corrected chi connectivity index (χ3v) is 5.76. The van der Waals surface area contributed by atoms with Crippen LogP contribution in [-0.2, 0) is 11.3 Å². The Morgan fingerprint density at radius 3 is 2.83 bits per heavy atom. The molecule has 1 aromatic rings. The largest absolute Gasteiger partial charge is 0.376 e. The Morgan fingerprint density at radius 1 is 1.43 bits per heavy atom. The van der Waals surface area contributed by atoms with Gasteiger partial charge >= 0.3 is 6.03 Å². The molecule has 3 rings (SSSR count). The van der Waals surface area contributed by atoms with Crippen LogP contribution in [0.4, 0.5) is 4.79 Å². The third-order valence-electron chi connectivity index (χ3n) is 4.54. The Labute approximate surface area is 146 Å². The zero-order valence-corrected chi connectivity index (χ0v) is 15.0. The van der Waals surface area contributed by atoms with Gasteiger partial charge in [-0.2, -0.15) is 0 Å². The number of amides is 2. The molecule has 2 aliphatic rings. The zero-order valence-electron chi connectivity index (χ0n) is 13.5. The molecule has 2 atom stereocenters. The van der Waals surface area contributed by atoms with E-state index in [2.05, 4.69) is 16.3 Å². The summed E-state index contributed by atoms with van der Waals surface area (Å²) in [6.07, 6.45) is 2.30. The molecule has 2 amide bonds. The van der Waals surface area contributed by atoms with E-state index >= 15 is 0 Å². The molecule has 7 heteroatoms. The van der Waals surface area contributed by atoms with Gasteiger partial charge in [0.1, 0.15) is 0 Å². The summed E-state index contributed by atoms with van der Waals surface area (Å²) in [5, 5.41) is 3.09. The van der Waals surface area contributed by atoms with Gasteiger partial charge in [0.15, 0.2) is 0 Å². The van der Waals surface area contributed by atoms with Crippen molar-refractivity contribution in [2.75, 3.05) is 32.8 Å². The molecule has 1 aromatic heterocycles. The monoisotopic (exact) mass is 357 g/mol. The van der Waals surface area contributed by atoms with Gasteiger partial charge in [-0.15, -0.1) is 11.3 Å². The van der Waals surface area contributed by atoms with Crippen LogP contribution < -0.4 is 5.32 Å². The molecule has 1 N–H and O–H groups in total. The fourth-order valence-electron chi connectivity index (χ4n) is 3.14. The Kier molecular flexibility index (Phi) is 5.80. The average Bonchev–Trinajstić information content (AvgIpc) is 3.20. The maximum absolute atomic E-state index is 12.4. The Hall–Kier alpha value is -0.820. The summed E-state index contributed by atoms with van der Waals surface area (Å²) >= 11 is 7.60. The minimum absolute atomic E-state index is 0.0341. The molecular weight excluding hydrogens is 334 g/mol. The summed E-state index contributed by atoms with van der Waals surface area (Å²) in [7, 11) is 0. The van der Waals surface area contributed by atoms with Crippen LogP contribution in [0.25, 0.3) is 0 Å². The fraction of sp³-hybridized carbons (Fsp3) is 0.688. The van der Waals surface area contributed by atoms with Gasteiger partial charge in [-0.1, -0.05) is 11.6 Å². The molecule has 0 aliphatic carbocycles. The molecule has 5 nitrogen and oxygen atoms in total. The lowest BCUT2D eigenvalue weighted by molar-refractivity contribution is 0.0801. The maximum Gasteiger partial charge on any atom is 0.317 e. The van der Waals surface area contributed by atoms with E-state index < -0.39 is 0 Å². The molecule has 2 saturated heterocycles. The first-order valence-corrected chi connectivity index (χ1v) is 9.45. The fourth-order valence-corrected chi connectivity index (χ4v) is 4.27. The van der Waals surface area contributed by atoms with Crippen molar-refractivity contribution in [1.29, 1.82) is 0 Å². The van der Waals surface area contributed by atoms with E-state index in [-0.39, 0.29) is 18.2 Å². The molecule has 2 unspecified atom stereocenters. The molecule has 0 saturated carbocycles. The second kappa shape index (κ2) is 7.83. The van der Waals surface area contributed by atoms with Gasteiger partial charge in [-0.3, -0.25) is 4.90 Å². The van der Waals surface area contributed by atoms with E-state index in [1.165, 1.54) is 4.88 Å². The van der Waals surface area contributed by atoms with Gasteiger partial charge in [0, 0.05) is 44.2 Å². The number of thiophene rings is 1. The highest BCUT2D eigenvalue weighted by molar-refractivity contribution is 7.16. The van der Waals surface area contributed by atoms with Crippen molar-refractivity contribution in [1.82, 2.24) is 15.1 Å². The Morgan fingerprint density at radius 2 is 2.22 bits per heavy atom. The Bertz CT molecular complexity index is 525. The van der Waals surface area contributed by atoms with Crippen molar-refractivity contribution in [2.24, 2.45) is 0 Å². The second-order valence-corrected chi connectivity index (χ2v) is 8.06. The molecule has 3 heterocycles. The van der Waals surface area contributed by atoms with Gasteiger partial charge in [-0.25, -0.2) is 4.79 Å². The lowest BCUT2D eigenvalue weighted by Gasteiger charge is -2.35. The number of halogens is 1. The number of urea groups is 1. The standard InChI is InChI=1S/C16H24ClN3O2S/c1-12(14-3-2-10-22-14)18-16(21)20-8-6-19(7-9-20)11-13-4-5-15(17)23-13/h4-5,12,14H,2-3,6-11H2,1H3,(H,18,21). The lowest BCUT2D eigenvalue weighted by atomic mass is 10.1. The summed E-state index contributed by atoms with van der Waals surface area (Å²) in [6.45, 7) is 7.10. The highest BCUT2D eigenvalue weighted by Crippen LogP contribution is 2.23. The number of rotatable bonds is 4. The lowest BCUT2D eigenvalue weighted by Crippen LogP contribution is -2.54. The van der Waals surface area contributed by atoms with Crippen LogP contribution in [0.15, 0.2) is 12.1 Å². The molecule has 0 radical (unpaired) electrons. The number of hydrogen-bond donors (Lipinski definition) is 1. The summed E-state index contributed by atoms with van der Waals surface area (Å²) < 4.78 is 6.47. The summed E-state index contributed by atoms with van der Waals surface area (Å²) in [4.78, 5) is 17.9. The number of piperazine rings is 1. The summed E-state index contributed by atoms with van der Waals surface area (Å²) in [5.74, 6) is 0. The molecule has 128 valence electrons. The molecule has 2 aliphatic heterocycles. The number of nitrogens with zero attached hydrogens (tertiary/aromatic N) is 2. The van der Waals surface area contributed by atoms with E-state index in [9.17, 15) is 4.79 Å².